The van der Waals surface area contributed by atoms with Gasteiger partial charge in [0.25, 0.3) is 0 Å². The van der Waals surface area contributed by atoms with Gasteiger partial charge in [0, 0.05) is 25.8 Å². The highest BCUT2D eigenvalue weighted by Gasteiger charge is 2.16. The first-order valence-electron chi connectivity index (χ1n) is 35.2. The third-order valence-electron chi connectivity index (χ3n) is 15.4. The van der Waals surface area contributed by atoms with Gasteiger partial charge < -0.3 is 24.3 Å². The molecule has 0 radical (unpaired) electrons. The highest BCUT2D eigenvalue weighted by atomic mass is 16.6. The molecule has 0 saturated heterocycles. The molecule has 0 aromatic heterocycles. The van der Waals surface area contributed by atoms with Crippen molar-refractivity contribution >= 4 is 23.8 Å². The van der Waals surface area contributed by atoms with E-state index in [4.69, 9.17) is 14.2 Å². The predicted octanol–water partition coefficient (Wildman–Crippen LogP) is 23.5. The van der Waals surface area contributed by atoms with E-state index in [9.17, 15) is 19.2 Å². The molecule has 0 aromatic carbocycles. The van der Waals surface area contributed by atoms with Crippen LogP contribution in [0.4, 0.5) is 4.79 Å². The van der Waals surface area contributed by atoms with Crippen LogP contribution in [0.5, 0.6) is 0 Å². The Hall–Kier alpha value is -2.64. The third-order valence-corrected chi connectivity index (χ3v) is 15.4. The second kappa shape index (κ2) is 70.6. The molecule has 0 saturated carbocycles. The lowest BCUT2D eigenvalue weighted by molar-refractivity contribution is -0.150. The zero-order valence-corrected chi connectivity index (χ0v) is 55.2. The average Bonchev–Trinajstić information content (AvgIpc) is 3.45. The van der Waals surface area contributed by atoms with Crippen molar-refractivity contribution in [3.63, 3.8) is 0 Å². The predicted molar refractivity (Wildman–Crippen MR) is 348 cm³/mol. The number of nitrogens with one attached hydrogen (secondary N) is 1. The Balaban J connectivity index is -0.00000180. The Bertz CT molecular complexity index is 1330. The molecule has 474 valence electrons. The number of alkyl carbamates (subject to hydrolysis) is 1. The Morgan fingerprint density at radius 3 is 1.16 bits per heavy atom. The monoisotopic (exact) mass is 1130 g/mol. The van der Waals surface area contributed by atoms with E-state index in [2.05, 4.69) is 78.1 Å². The molecule has 80 heavy (non-hydrogen) atoms. The van der Waals surface area contributed by atoms with E-state index >= 15 is 0 Å². The van der Waals surface area contributed by atoms with Gasteiger partial charge in [0.15, 0.2) is 0 Å². The maximum absolute atomic E-state index is 12.7. The van der Waals surface area contributed by atoms with E-state index in [0.29, 0.717) is 44.8 Å². The summed E-state index contributed by atoms with van der Waals surface area (Å²) < 4.78 is 17.1. The lowest BCUT2D eigenvalue weighted by atomic mass is 9.98. The Kier molecular flexibility index (Phi) is 72.0. The molecule has 0 fully saturated rings. The normalized spacial score (nSPS) is 12.4. The molecule has 1 amide bonds. The van der Waals surface area contributed by atoms with Crippen LogP contribution in [0.3, 0.4) is 0 Å². The van der Waals surface area contributed by atoms with E-state index in [0.717, 1.165) is 77.0 Å². The van der Waals surface area contributed by atoms with Crippen LogP contribution >= 0.6 is 0 Å². The van der Waals surface area contributed by atoms with Gasteiger partial charge in [-0.05, 0) is 116 Å². The summed E-state index contributed by atoms with van der Waals surface area (Å²) in [7, 11) is 0. The molecule has 0 aliphatic carbocycles. The van der Waals surface area contributed by atoms with Crippen molar-refractivity contribution < 1.29 is 33.4 Å². The van der Waals surface area contributed by atoms with Gasteiger partial charge >= 0.3 is 18.0 Å². The number of esters is 2. The first-order chi connectivity index (χ1) is 39.1. The highest BCUT2D eigenvalue weighted by molar-refractivity contribution is 5.75. The van der Waals surface area contributed by atoms with E-state index in [-0.39, 0.29) is 36.0 Å². The van der Waals surface area contributed by atoms with Crippen molar-refractivity contribution in [1.82, 2.24) is 5.32 Å². The van der Waals surface area contributed by atoms with Crippen LogP contribution in [0.25, 0.3) is 0 Å². The standard InChI is InChI=1S/C49H92O4.C17H33NO3.C6H14/c1-5-9-12-15-18-19-20-21-22-23-24-25-27-33-38-43-48(50)52-45-46(8-4)40-35-30-28-29-34-39-44-49(51)53-47(41-36-31-17-14-11-7-3)42-37-32-26-16-13-10-6-2;1-4-6-7-8-9-10-11-16(13-12-15(3)19)21-17(20)18-14-5-2;1-3-5-6-4-2/h18-19,21-22,46-47H,5-17,20,23-45H2,1-4H3;16H,4-14H2,1-3H3,(H,18,20);3-6H2,1-2H3/b19-18-,22-21-;;. The number of carbonyl (C=O) groups excluding carboxylic acids is 4. The lowest BCUT2D eigenvalue weighted by Crippen LogP contribution is -2.29. The summed E-state index contributed by atoms with van der Waals surface area (Å²) >= 11 is 0. The summed E-state index contributed by atoms with van der Waals surface area (Å²) in [4.78, 5) is 47.7. The fraction of sp³-hybridized carbons (Fsp3) is 0.889. The van der Waals surface area contributed by atoms with Gasteiger partial charge in [-0.3, -0.25) is 9.59 Å². The topological polar surface area (TPSA) is 108 Å². The average molecular weight is 1130 g/mol. The van der Waals surface area contributed by atoms with Gasteiger partial charge in [-0.25, -0.2) is 4.79 Å². The van der Waals surface area contributed by atoms with Gasteiger partial charge in [-0.1, -0.05) is 279 Å². The van der Waals surface area contributed by atoms with Crippen molar-refractivity contribution in [3.8, 4) is 0 Å². The van der Waals surface area contributed by atoms with Crippen molar-refractivity contribution in [2.24, 2.45) is 5.92 Å². The largest absolute Gasteiger partial charge is 0.465 e. The van der Waals surface area contributed by atoms with Gasteiger partial charge in [-0.15, -0.1) is 0 Å². The number of unbranched alkanes of at least 4 members (excludes halogenated alkanes) is 32. The molecule has 8 heteroatoms. The zero-order valence-electron chi connectivity index (χ0n) is 55.2. The third kappa shape index (κ3) is 69.6. The lowest BCUT2D eigenvalue weighted by Gasteiger charge is -2.18. The summed E-state index contributed by atoms with van der Waals surface area (Å²) in [6, 6.07) is 0. The minimum absolute atomic E-state index is 0.0146. The number of ether oxygens (including phenoxy) is 3. The van der Waals surface area contributed by atoms with Gasteiger partial charge in [0.05, 0.1) is 6.61 Å². The minimum atomic E-state index is -0.351. The fourth-order valence-corrected chi connectivity index (χ4v) is 9.87. The smallest absolute Gasteiger partial charge is 0.407 e. The maximum Gasteiger partial charge on any atom is 0.407 e. The van der Waals surface area contributed by atoms with Crippen LogP contribution in [0.2, 0.25) is 0 Å². The Labute approximate surface area is 499 Å². The number of amides is 1. The van der Waals surface area contributed by atoms with E-state index in [1.807, 2.05) is 6.92 Å². The molecule has 0 spiro atoms. The highest BCUT2D eigenvalue weighted by Crippen LogP contribution is 2.21. The van der Waals surface area contributed by atoms with Gasteiger partial charge in [-0.2, -0.15) is 0 Å². The first kappa shape index (κ1) is 81.6. The van der Waals surface area contributed by atoms with Crippen LogP contribution in [0.15, 0.2) is 24.3 Å². The summed E-state index contributed by atoms with van der Waals surface area (Å²) in [5.74, 6) is 0.642. The van der Waals surface area contributed by atoms with Crippen LogP contribution in [0, 0.1) is 5.92 Å². The summed E-state index contributed by atoms with van der Waals surface area (Å²) in [5, 5.41) is 2.72. The van der Waals surface area contributed by atoms with Crippen molar-refractivity contribution in [3.05, 3.63) is 24.3 Å². The molecule has 0 bridgehead atoms. The molecule has 3 unspecified atom stereocenters. The molecule has 0 aliphatic heterocycles. The van der Waals surface area contributed by atoms with Crippen molar-refractivity contribution in [2.45, 2.75) is 396 Å². The number of Topliss-reactive ketones (excluding diaryl/α,β-unsaturated/α-hetero) is 1. The number of hydrogen-bond acceptors (Lipinski definition) is 7. The zero-order chi connectivity index (χ0) is 59.5. The first-order valence-corrected chi connectivity index (χ1v) is 35.2. The number of hydrogen-bond donors (Lipinski definition) is 1. The number of carbonyl (C=O) groups is 4. The number of ketones is 1. The van der Waals surface area contributed by atoms with Gasteiger partial charge in [0.2, 0.25) is 0 Å². The molecule has 0 aromatic rings. The van der Waals surface area contributed by atoms with Crippen LogP contribution in [0.1, 0.15) is 383 Å². The fourth-order valence-electron chi connectivity index (χ4n) is 9.87. The molecule has 0 rings (SSSR count). The molecule has 8 nitrogen and oxygen atoms in total. The van der Waals surface area contributed by atoms with Crippen LogP contribution in [-0.4, -0.2) is 49.2 Å². The molecular weight excluding hydrogens is 991 g/mol. The SMILES string of the molecule is CCCCC/C=C\C/C=C\CCCCCCCC(=O)OCC(CC)CCCCCCCCC(=O)OC(CCCCCCCC)CCCCCCCCC.CCCCCC.CCCCCCCCC(CCC(C)=O)OC(=O)NCCC. The van der Waals surface area contributed by atoms with Crippen molar-refractivity contribution in [1.29, 1.82) is 0 Å². The van der Waals surface area contributed by atoms with E-state index in [1.54, 1.807) is 6.92 Å². The van der Waals surface area contributed by atoms with E-state index < -0.39 is 0 Å². The molecular formula is C72H139NO7. The van der Waals surface area contributed by atoms with Gasteiger partial charge in [0.1, 0.15) is 18.0 Å². The molecule has 1 N–H and O–H groups in total. The summed E-state index contributed by atoms with van der Waals surface area (Å²) in [5.41, 5.74) is 0. The van der Waals surface area contributed by atoms with E-state index in [1.165, 1.54) is 218 Å². The number of allylic oxidation sites excluding steroid dienone is 4. The van der Waals surface area contributed by atoms with Crippen molar-refractivity contribution in [2.75, 3.05) is 13.2 Å². The second-order valence-corrected chi connectivity index (χ2v) is 23.6. The Morgan fingerprint density at radius 1 is 0.362 bits per heavy atom. The van der Waals surface area contributed by atoms with Crippen LogP contribution < -0.4 is 5.32 Å². The molecule has 0 heterocycles. The van der Waals surface area contributed by atoms with Crippen LogP contribution in [-0.2, 0) is 28.6 Å². The quantitative estimate of drug-likeness (QED) is 0.0280. The maximum atomic E-state index is 12.7. The molecule has 3 atom stereocenters. The number of rotatable bonds is 58. The Morgan fingerprint density at radius 2 is 0.725 bits per heavy atom. The summed E-state index contributed by atoms with van der Waals surface area (Å²) in [6.07, 6.45) is 67.0. The molecule has 0 aliphatic rings. The summed E-state index contributed by atoms with van der Waals surface area (Å²) in [6.45, 7) is 20.5. The minimum Gasteiger partial charge on any atom is -0.465 e. The second-order valence-electron chi connectivity index (χ2n) is 23.6.